The summed E-state index contributed by atoms with van der Waals surface area (Å²) < 4.78 is 9.38. The molecule has 0 N–H and O–H groups in total. The van der Waals surface area contributed by atoms with Crippen LogP contribution in [0.3, 0.4) is 0 Å². The normalized spacial score (nSPS) is 9.65. The minimum absolute atomic E-state index is 0.00921. The first-order valence-corrected chi connectivity index (χ1v) is 6.17. The first-order chi connectivity index (χ1) is 7.84. The summed E-state index contributed by atoms with van der Waals surface area (Å²) in [6, 6.07) is 0. The SMILES string of the molecule is CCOC(=O)C(C)C.CCOC(=O)CC(C)C. The van der Waals surface area contributed by atoms with Crippen LogP contribution >= 0.6 is 0 Å². The van der Waals surface area contributed by atoms with Crippen molar-refractivity contribution in [3.8, 4) is 0 Å². The van der Waals surface area contributed by atoms with E-state index in [1.165, 1.54) is 0 Å². The van der Waals surface area contributed by atoms with Crippen LogP contribution in [0.25, 0.3) is 0 Å². The molecule has 0 aromatic carbocycles. The largest absolute Gasteiger partial charge is 0.466 e. The molecule has 0 aromatic rings. The molecule has 0 amide bonds. The first kappa shape index (κ1) is 18.3. The third-order valence-electron chi connectivity index (χ3n) is 1.64. The van der Waals surface area contributed by atoms with E-state index in [2.05, 4.69) is 4.74 Å². The van der Waals surface area contributed by atoms with Gasteiger partial charge in [0.05, 0.1) is 19.1 Å². The zero-order valence-corrected chi connectivity index (χ0v) is 11.9. The van der Waals surface area contributed by atoms with E-state index in [-0.39, 0.29) is 17.9 Å². The molecule has 0 bridgehead atoms. The first-order valence-electron chi connectivity index (χ1n) is 6.17. The van der Waals surface area contributed by atoms with E-state index in [4.69, 9.17) is 4.74 Å². The van der Waals surface area contributed by atoms with Gasteiger partial charge in [-0.05, 0) is 19.8 Å². The number of esters is 2. The van der Waals surface area contributed by atoms with Crippen LogP contribution in [0.2, 0.25) is 0 Å². The summed E-state index contributed by atoms with van der Waals surface area (Å²) in [6.07, 6.45) is 0.536. The molecular weight excluding hydrogens is 220 g/mol. The Hall–Kier alpha value is -1.06. The monoisotopic (exact) mass is 246 g/mol. The second kappa shape index (κ2) is 11.4. The number of hydrogen-bond donors (Lipinski definition) is 0. The summed E-state index contributed by atoms with van der Waals surface area (Å²) in [5.41, 5.74) is 0. The fraction of sp³-hybridized carbons (Fsp3) is 0.846. The molecule has 17 heavy (non-hydrogen) atoms. The molecule has 0 spiro atoms. The summed E-state index contributed by atoms with van der Waals surface area (Å²) in [7, 11) is 0. The van der Waals surface area contributed by atoms with Crippen LogP contribution in [0.4, 0.5) is 0 Å². The van der Waals surface area contributed by atoms with Gasteiger partial charge in [0.2, 0.25) is 0 Å². The average molecular weight is 246 g/mol. The smallest absolute Gasteiger partial charge is 0.308 e. The van der Waals surface area contributed by atoms with Crippen molar-refractivity contribution < 1.29 is 19.1 Å². The van der Waals surface area contributed by atoms with E-state index in [0.717, 1.165) is 0 Å². The zero-order valence-electron chi connectivity index (χ0n) is 11.9. The van der Waals surface area contributed by atoms with E-state index in [9.17, 15) is 9.59 Å². The summed E-state index contributed by atoms with van der Waals surface area (Å²) >= 11 is 0. The van der Waals surface area contributed by atoms with Crippen molar-refractivity contribution in [1.82, 2.24) is 0 Å². The van der Waals surface area contributed by atoms with Gasteiger partial charge in [-0.1, -0.05) is 27.7 Å². The molecule has 0 atom stereocenters. The molecule has 0 heterocycles. The number of carbonyl (C=O) groups is 2. The molecule has 0 radical (unpaired) electrons. The maximum atomic E-state index is 10.6. The predicted molar refractivity (Wildman–Crippen MR) is 67.6 cm³/mol. The third kappa shape index (κ3) is 14.9. The average Bonchev–Trinajstić information content (AvgIpc) is 2.17. The topological polar surface area (TPSA) is 52.6 Å². The number of hydrogen-bond acceptors (Lipinski definition) is 4. The van der Waals surface area contributed by atoms with Gasteiger partial charge in [0.25, 0.3) is 0 Å². The lowest BCUT2D eigenvalue weighted by Crippen LogP contribution is -2.10. The Kier molecular flexibility index (Phi) is 12.3. The van der Waals surface area contributed by atoms with Crippen molar-refractivity contribution in [1.29, 1.82) is 0 Å². The minimum atomic E-state index is -0.118. The highest BCUT2D eigenvalue weighted by Gasteiger charge is 2.05. The predicted octanol–water partition coefficient (Wildman–Crippen LogP) is 2.80. The van der Waals surface area contributed by atoms with Crippen molar-refractivity contribution in [3.05, 3.63) is 0 Å². The van der Waals surface area contributed by atoms with Crippen LogP contribution in [0.15, 0.2) is 0 Å². The van der Waals surface area contributed by atoms with Gasteiger partial charge >= 0.3 is 11.9 Å². The van der Waals surface area contributed by atoms with Crippen molar-refractivity contribution in [3.63, 3.8) is 0 Å². The van der Waals surface area contributed by atoms with Crippen LogP contribution in [0.1, 0.15) is 48.0 Å². The second-order valence-electron chi connectivity index (χ2n) is 4.31. The molecule has 0 aliphatic heterocycles. The fourth-order valence-electron chi connectivity index (χ4n) is 0.862. The van der Waals surface area contributed by atoms with Crippen molar-refractivity contribution in [2.24, 2.45) is 11.8 Å². The highest BCUT2D eigenvalue weighted by molar-refractivity contribution is 5.71. The molecule has 0 aliphatic rings. The summed E-state index contributed by atoms with van der Waals surface area (Å²) in [5.74, 6) is 0.207. The Bertz CT molecular complexity index is 209. The van der Waals surface area contributed by atoms with Crippen LogP contribution in [0, 0.1) is 11.8 Å². The molecular formula is C13H26O4. The standard InChI is InChI=1S/C7H14O2.C6H12O2/c1-4-9-7(8)5-6(2)3;1-4-8-6(7)5(2)3/h6H,4-5H2,1-3H3;5H,4H2,1-3H3. The van der Waals surface area contributed by atoms with E-state index >= 15 is 0 Å². The van der Waals surface area contributed by atoms with Gasteiger partial charge in [-0.3, -0.25) is 9.59 Å². The van der Waals surface area contributed by atoms with Gasteiger partial charge in [-0.25, -0.2) is 0 Å². The molecule has 0 saturated carbocycles. The lowest BCUT2D eigenvalue weighted by Gasteiger charge is -2.02. The molecule has 4 nitrogen and oxygen atoms in total. The van der Waals surface area contributed by atoms with Crippen LogP contribution < -0.4 is 0 Å². The van der Waals surface area contributed by atoms with Crippen molar-refractivity contribution >= 4 is 11.9 Å². The van der Waals surface area contributed by atoms with E-state index in [1.54, 1.807) is 6.92 Å². The van der Waals surface area contributed by atoms with Crippen molar-refractivity contribution in [2.45, 2.75) is 48.0 Å². The van der Waals surface area contributed by atoms with E-state index in [1.807, 2.05) is 34.6 Å². The Morgan fingerprint density at radius 2 is 1.41 bits per heavy atom. The maximum Gasteiger partial charge on any atom is 0.308 e. The Balaban J connectivity index is 0. The van der Waals surface area contributed by atoms with Crippen LogP contribution in [0.5, 0.6) is 0 Å². The molecule has 0 unspecified atom stereocenters. The highest BCUT2D eigenvalue weighted by Crippen LogP contribution is 1.99. The number of carbonyl (C=O) groups excluding carboxylic acids is 2. The van der Waals surface area contributed by atoms with E-state index < -0.39 is 0 Å². The maximum absolute atomic E-state index is 10.6. The molecule has 0 aromatic heterocycles. The summed E-state index contributed by atoms with van der Waals surface area (Å²) in [5, 5.41) is 0. The molecule has 4 heteroatoms. The molecule has 0 rings (SSSR count). The fourth-order valence-corrected chi connectivity index (χ4v) is 0.862. The van der Waals surface area contributed by atoms with Gasteiger partial charge in [-0.2, -0.15) is 0 Å². The minimum Gasteiger partial charge on any atom is -0.466 e. The van der Waals surface area contributed by atoms with Crippen LogP contribution in [-0.4, -0.2) is 25.2 Å². The lowest BCUT2D eigenvalue weighted by atomic mass is 10.1. The summed E-state index contributed by atoms with van der Waals surface area (Å²) in [4.78, 5) is 21.2. The van der Waals surface area contributed by atoms with Gasteiger partial charge in [0.15, 0.2) is 0 Å². The lowest BCUT2D eigenvalue weighted by molar-refractivity contribution is -0.147. The number of ether oxygens (including phenoxy) is 2. The summed E-state index contributed by atoms with van der Waals surface area (Å²) in [6.45, 7) is 12.2. The van der Waals surface area contributed by atoms with Gasteiger partial charge in [0.1, 0.15) is 0 Å². The van der Waals surface area contributed by atoms with Crippen LogP contribution in [-0.2, 0) is 19.1 Å². The Morgan fingerprint density at radius 3 is 1.65 bits per heavy atom. The Labute approximate surface area is 105 Å². The second-order valence-corrected chi connectivity index (χ2v) is 4.31. The quantitative estimate of drug-likeness (QED) is 0.700. The third-order valence-corrected chi connectivity index (χ3v) is 1.64. The van der Waals surface area contributed by atoms with Gasteiger partial charge < -0.3 is 9.47 Å². The molecule has 0 aliphatic carbocycles. The van der Waals surface area contributed by atoms with Gasteiger partial charge in [0, 0.05) is 6.42 Å². The molecule has 102 valence electrons. The highest BCUT2D eigenvalue weighted by atomic mass is 16.5. The van der Waals surface area contributed by atoms with Crippen molar-refractivity contribution in [2.75, 3.05) is 13.2 Å². The zero-order chi connectivity index (χ0) is 13.8. The Morgan fingerprint density at radius 1 is 0.941 bits per heavy atom. The molecule has 0 fully saturated rings. The molecule has 0 saturated heterocycles. The number of rotatable bonds is 5. The van der Waals surface area contributed by atoms with E-state index in [0.29, 0.717) is 25.6 Å². The van der Waals surface area contributed by atoms with Gasteiger partial charge in [-0.15, -0.1) is 0 Å².